The number of benzene rings is 1. The predicted octanol–water partition coefficient (Wildman–Crippen LogP) is 2.86. The number of anilines is 2. The zero-order valence-corrected chi connectivity index (χ0v) is 16.3. The summed E-state index contributed by atoms with van der Waals surface area (Å²) in [4.78, 5) is 26.3. The molecule has 0 saturated carbocycles. The standard InChI is InChI=1S/C18H22BrN5O/c1-12-16(22-17(25)14-6-4-5-7-15(14)19)13(2)21-18(20-12)24-10-8-23(3)9-11-24/h4-7H,8-11H2,1-3H3,(H,22,25). The number of hydrogen-bond donors (Lipinski definition) is 1. The second-order valence-corrected chi connectivity index (χ2v) is 7.15. The molecule has 3 rings (SSSR count). The Morgan fingerprint density at radius 3 is 2.28 bits per heavy atom. The number of piperazine rings is 1. The van der Waals surface area contributed by atoms with Gasteiger partial charge in [0.25, 0.3) is 5.91 Å². The van der Waals surface area contributed by atoms with E-state index in [0.29, 0.717) is 11.3 Å². The van der Waals surface area contributed by atoms with Crippen molar-refractivity contribution in [1.29, 1.82) is 0 Å². The molecule has 2 aromatic rings. The molecular weight excluding hydrogens is 382 g/mol. The highest BCUT2D eigenvalue weighted by atomic mass is 79.9. The summed E-state index contributed by atoms with van der Waals surface area (Å²) in [5, 5.41) is 2.95. The Balaban J connectivity index is 1.81. The first-order valence-corrected chi connectivity index (χ1v) is 9.09. The van der Waals surface area contributed by atoms with Gasteiger partial charge in [-0.25, -0.2) is 9.97 Å². The van der Waals surface area contributed by atoms with E-state index in [0.717, 1.165) is 48.0 Å². The van der Waals surface area contributed by atoms with Gasteiger partial charge < -0.3 is 15.1 Å². The Kier molecular flexibility index (Phi) is 5.34. The van der Waals surface area contributed by atoms with Gasteiger partial charge in [-0.15, -0.1) is 0 Å². The van der Waals surface area contributed by atoms with Crippen LogP contribution in [0.1, 0.15) is 21.7 Å². The molecular formula is C18H22BrN5O. The highest BCUT2D eigenvalue weighted by Crippen LogP contribution is 2.23. The first kappa shape index (κ1) is 17.8. The van der Waals surface area contributed by atoms with E-state index < -0.39 is 0 Å². The first-order valence-electron chi connectivity index (χ1n) is 8.30. The van der Waals surface area contributed by atoms with Crippen LogP contribution in [0.4, 0.5) is 11.6 Å². The molecule has 0 radical (unpaired) electrons. The number of amides is 1. The van der Waals surface area contributed by atoms with Crippen molar-refractivity contribution in [2.75, 3.05) is 43.4 Å². The van der Waals surface area contributed by atoms with Gasteiger partial charge in [0.05, 0.1) is 22.6 Å². The molecule has 25 heavy (non-hydrogen) atoms. The molecule has 6 nitrogen and oxygen atoms in total. The van der Waals surface area contributed by atoms with Crippen molar-refractivity contribution in [3.8, 4) is 0 Å². The molecule has 1 N–H and O–H groups in total. The van der Waals surface area contributed by atoms with Crippen molar-refractivity contribution >= 4 is 33.5 Å². The van der Waals surface area contributed by atoms with Crippen molar-refractivity contribution in [3.05, 3.63) is 45.7 Å². The fourth-order valence-corrected chi connectivity index (χ4v) is 3.32. The van der Waals surface area contributed by atoms with Gasteiger partial charge in [0.2, 0.25) is 5.95 Å². The molecule has 0 spiro atoms. The number of aromatic nitrogens is 2. The summed E-state index contributed by atoms with van der Waals surface area (Å²) in [7, 11) is 2.12. The second kappa shape index (κ2) is 7.49. The SMILES string of the molecule is Cc1nc(N2CCN(C)CC2)nc(C)c1NC(=O)c1ccccc1Br. The van der Waals surface area contributed by atoms with E-state index in [1.807, 2.05) is 32.0 Å². The highest BCUT2D eigenvalue weighted by Gasteiger charge is 2.20. The molecule has 1 amide bonds. The van der Waals surface area contributed by atoms with Crippen LogP contribution in [0.2, 0.25) is 0 Å². The third-order valence-electron chi connectivity index (χ3n) is 4.40. The molecule has 1 fully saturated rings. The molecule has 0 atom stereocenters. The lowest BCUT2D eigenvalue weighted by Gasteiger charge is -2.32. The second-order valence-electron chi connectivity index (χ2n) is 6.29. The van der Waals surface area contributed by atoms with Gasteiger partial charge in [-0.05, 0) is 49.0 Å². The molecule has 2 heterocycles. The molecule has 1 aromatic carbocycles. The van der Waals surface area contributed by atoms with Gasteiger partial charge in [0.1, 0.15) is 0 Å². The monoisotopic (exact) mass is 403 g/mol. The van der Waals surface area contributed by atoms with Crippen LogP contribution in [0.15, 0.2) is 28.7 Å². The van der Waals surface area contributed by atoms with Crippen LogP contribution in [0, 0.1) is 13.8 Å². The van der Waals surface area contributed by atoms with E-state index in [1.54, 1.807) is 6.07 Å². The summed E-state index contributed by atoms with van der Waals surface area (Å²) in [5.41, 5.74) is 2.83. The summed E-state index contributed by atoms with van der Waals surface area (Å²) in [6.45, 7) is 7.65. The van der Waals surface area contributed by atoms with Gasteiger partial charge in [0, 0.05) is 30.7 Å². The summed E-state index contributed by atoms with van der Waals surface area (Å²) in [6.07, 6.45) is 0. The normalized spacial score (nSPS) is 15.3. The van der Waals surface area contributed by atoms with E-state index in [4.69, 9.17) is 0 Å². The molecule has 0 aliphatic carbocycles. The van der Waals surface area contributed by atoms with Crippen LogP contribution in [0.3, 0.4) is 0 Å². The number of hydrogen-bond acceptors (Lipinski definition) is 5. The number of carbonyl (C=O) groups excluding carboxylic acids is 1. The van der Waals surface area contributed by atoms with E-state index >= 15 is 0 Å². The van der Waals surface area contributed by atoms with E-state index in [9.17, 15) is 4.79 Å². The first-order chi connectivity index (χ1) is 12.0. The summed E-state index contributed by atoms with van der Waals surface area (Å²) in [6, 6.07) is 7.35. The maximum atomic E-state index is 12.5. The van der Waals surface area contributed by atoms with Gasteiger partial charge in [0.15, 0.2) is 0 Å². The zero-order chi connectivity index (χ0) is 18.0. The van der Waals surface area contributed by atoms with Crippen LogP contribution >= 0.6 is 15.9 Å². The van der Waals surface area contributed by atoms with Gasteiger partial charge in [-0.3, -0.25) is 4.79 Å². The van der Waals surface area contributed by atoms with E-state index in [2.05, 4.69) is 48.1 Å². The van der Waals surface area contributed by atoms with Crippen molar-refractivity contribution in [2.45, 2.75) is 13.8 Å². The number of likely N-dealkylation sites (N-methyl/N-ethyl adjacent to an activating group) is 1. The third kappa shape index (κ3) is 3.99. The number of nitrogens with zero attached hydrogens (tertiary/aromatic N) is 4. The Hall–Kier alpha value is -1.99. The number of halogens is 1. The average Bonchev–Trinajstić information content (AvgIpc) is 2.59. The Labute approximate surface area is 156 Å². The van der Waals surface area contributed by atoms with Crippen LogP contribution in [0.5, 0.6) is 0 Å². The van der Waals surface area contributed by atoms with Crippen molar-refractivity contribution in [2.24, 2.45) is 0 Å². The highest BCUT2D eigenvalue weighted by molar-refractivity contribution is 9.10. The minimum Gasteiger partial charge on any atom is -0.338 e. The summed E-state index contributed by atoms with van der Waals surface area (Å²) in [5.74, 6) is 0.566. The lowest BCUT2D eigenvalue weighted by Crippen LogP contribution is -2.45. The number of carbonyl (C=O) groups is 1. The lowest BCUT2D eigenvalue weighted by atomic mass is 10.2. The van der Waals surface area contributed by atoms with Crippen LogP contribution in [-0.4, -0.2) is 54.0 Å². The molecule has 132 valence electrons. The van der Waals surface area contributed by atoms with Crippen LogP contribution < -0.4 is 10.2 Å². The minimum absolute atomic E-state index is 0.172. The Bertz CT molecular complexity index is 764. The van der Waals surface area contributed by atoms with E-state index in [-0.39, 0.29) is 5.91 Å². The molecule has 1 aliphatic heterocycles. The molecule has 7 heteroatoms. The lowest BCUT2D eigenvalue weighted by molar-refractivity contribution is 0.102. The maximum absolute atomic E-state index is 12.5. The summed E-state index contributed by atoms with van der Waals surface area (Å²) < 4.78 is 0.762. The van der Waals surface area contributed by atoms with Crippen molar-refractivity contribution < 1.29 is 4.79 Å². The maximum Gasteiger partial charge on any atom is 0.256 e. The summed E-state index contributed by atoms with van der Waals surface area (Å²) >= 11 is 3.41. The van der Waals surface area contributed by atoms with Gasteiger partial charge >= 0.3 is 0 Å². The number of nitrogens with one attached hydrogen (secondary N) is 1. The zero-order valence-electron chi connectivity index (χ0n) is 14.7. The molecule has 1 saturated heterocycles. The fourth-order valence-electron chi connectivity index (χ4n) is 2.85. The fraction of sp³-hybridized carbons (Fsp3) is 0.389. The molecule has 1 aliphatic rings. The molecule has 1 aromatic heterocycles. The third-order valence-corrected chi connectivity index (χ3v) is 5.09. The average molecular weight is 404 g/mol. The largest absolute Gasteiger partial charge is 0.338 e. The topological polar surface area (TPSA) is 61.4 Å². The molecule has 0 bridgehead atoms. The Morgan fingerprint density at radius 1 is 1.08 bits per heavy atom. The van der Waals surface area contributed by atoms with Crippen LogP contribution in [0.25, 0.3) is 0 Å². The Morgan fingerprint density at radius 2 is 1.68 bits per heavy atom. The smallest absolute Gasteiger partial charge is 0.256 e. The number of aryl methyl sites for hydroxylation is 2. The molecule has 0 unspecified atom stereocenters. The van der Waals surface area contributed by atoms with Gasteiger partial charge in [-0.1, -0.05) is 12.1 Å². The van der Waals surface area contributed by atoms with Crippen molar-refractivity contribution in [1.82, 2.24) is 14.9 Å². The minimum atomic E-state index is -0.172. The van der Waals surface area contributed by atoms with Gasteiger partial charge in [-0.2, -0.15) is 0 Å². The van der Waals surface area contributed by atoms with E-state index in [1.165, 1.54) is 0 Å². The predicted molar refractivity (Wildman–Crippen MR) is 103 cm³/mol. The van der Waals surface area contributed by atoms with Crippen molar-refractivity contribution in [3.63, 3.8) is 0 Å². The number of rotatable bonds is 3. The van der Waals surface area contributed by atoms with Crippen LogP contribution in [-0.2, 0) is 0 Å². The quantitative estimate of drug-likeness (QED) is 0.853.